The predicted molar refractivity (Wildman–Crippen MR) is 70.2 cm³/mol. The first-order valence-electron chi connectivity index (χ1n) is 6.44. The number of hydrogen-bond donors (Lipinski definition) is 1. The number of Topliss-reactive ketones (excluding diaryl/α,β-unsaturated/α-hetero) is 1. The van der Waals surface area contributed by atoms with Gasteiger partial charge in [-0.3, -0.25) is 24.3 Å². The molecule has 0 unspecified atom stereocenters. The maximum absolute atomic E-state index is 12.0. The standard InChI is InChI=1S/C13H17N3O3/c1-3-4-5-10-8(2)14-13(15-12(10)19)16-7-9(17)6-11(16)18/h3-7H2,1-2H3,(H,14,15,19). The molecule has 1 aliphatic heterocycles. The summed E-state index contributed by atoms with van der Waals surface area (Å²) in [5.74, 6) is -0.284. The molecule has 2 heterocycles. The van der Waals surface area contributed by atoms with Gasteiger partial charge in [0.2, 0.25) is 11.9 Å². The Morgan fingerprint density at radius 1 is 1.32 bits per heavy atom. The van der Waals surface area contributed by atoms with Crippen LogP contribution in [0.5, 0.6) is 0 Å². The Bertz CT molecular complexity index is 577. The summed E-state index contributed by atoms with van der Waals surface area (Å²) in [7, 11) is 0. The van der Waals surface area contributed by atoms with Crippen molar-refractivity contribution in [2.75, 3.05) is 11.4 Å². The van der Waals surface area contributed by atoms with E-state index in [1.807, 2.05) is 0 Å². The van der Waals surface area contributed by atoms with E-state index in [0.29, 0.717) is 17.7 Å². The average Bonchev–Trinajstić information content (AvgIpc) is 2.67. The van der Waals surface area contributed by atoms with Gasteiger partial charge in [-0.2, -0.15) is 0 Å². The van der Waals surface area contributed by atoms with Crippen molar-refractivity contribution in [2.45, 2.75) is 39.5 Å². The zero-order valence-corrected chi connectivity index (χ0v) is 11.2. The molecule has 0 aliphatic carbocycles. The van der Waals surface area contributed by atoms with Crippen molar-refractivity contribution >= 4 is 17.6 Å². The number of H-pyrrole nitrogens is 1. The average molecular weight is 263 g/mol. The van der Waals surface area contributed by atoms with E-state index in [1.54, 1.807) is 6.92 Å². The van der Waals surface area contributed by atoms with E-state index in [9.17, 15) is 14.4 Å². The number of carbonyl (C=O) groups excluding carboxylic acids is 2. The molecule has 102 valence electrons. The van der Waals surface area contributed by atoms with E-state index in [-0.39, 0.29) is 36.2 Å². The molecule has 0 radical (unpaired) electrons. The van der Waals surface area contributed by atoms with Crippen LogP contribution < -0.4 is 10.5 Å². The topological polar surface area (TPSA) is 83.1 Å². The summed E-state index contributed by atoms with van der Waals surface area (Å²) in [6.45, 7) is 3.81. The van der Waals surface area contributed by atoms with Crippen LogP contribution in [0.2, 0.25) is 0 Å². The number of aryl methyl sites for hydroxylation is 1. The molecule has 0 bridgehead atoms. The molecule has 6 heteroatoms. The number of ketones is 1. The molecule has 19 heavy (non-hydrogen) atoms. The summed E-state index contributed by atoms with van der Waals surface area (Å²) in [5, 5.41) is 0. The molecule has 1 N–H and O–H groups in total. The van der Waals surface area contributed by atoms with Crippen LogP contribution in [-0.2, 0) is 16.0 Å². The number of nitrogens with one attached hydrogen (secondary N) is 1. The number of aromatic nitrogens is 2. The van der Waals surface area contributed by atoms with E-state index in [2.05, 4.69) is 16.9 Å². The Kier molecular flexibility index (Phi) is 3.78. The number of hydrogen-bond acceptors (Lipinski definition) is 4. The van der Waals surface area contributed by atoms with Gasteiger partial charge < -0.3 is 0 Å². The zero-order valence-electron chi connectivity index (χ0n) is 11.2. The number of carbonyl (C=O) groups is 2. The first-order chi connectivity index (χ1) is 9.02. The summed E-state index contributed by atoms with van der Waals surface area (Å²) >= 11 is 0. The first kappa shape index (κ1) is 13.5. The third kappa shape index (κ3) is 2.72. The highest BCUT2D eigenvalue weighted by Crippen LogP contribution is 2.15. The van der Waals surface area contributed by atoms with Crippen molar-refractivity contribution in [3.63, 3.8) is 0 Å². The summed E-state index contributed by atoms with van der Waals surface area (Å²) in [5.41, 5.74) is 1.06. The molecule has 0 aromatic carbocycles. The van der Waals surface area contributed by atoms with Gasteiger partial charge in [0.15, 0.2) is 5.78 Å². The number of aromatic amines is 1. The van der Waals surface area contributed by atoms with Crippen LogP contribution in [0.4, 0.5) is 5.95 Å². The van der Waals surface area contributed by atoms with E-state index >= 15 is 0 Å². The highest BCUT2D eigenvalue weighted by atomic mass is 16.2. The molecule has 1 fully saturated rings. The Morgan fingerprint density at radius 3 is 2.58 bits per heavy atom. The van der Waals surface area contributed by atoms with Crippen LogP contribution in [0.1, 0.15) is 37.4 Å². The smallest absolute Gasteiger partial charge is 0.255 e. The lowest BCUT2D eigenvalue weighted by molar-refractivity contribution is -0.121. The van der Waals surface area contributed by atoms with Crippen LogP contribution in [0.15, 0.2) is 4.79 Å². The molecule has 2 rings (SSSR count). The van der Waals surface area contributed by atoms with Crippen LogP contribution in [0, 0.1) is 6.92 Å². The fourth-order valence-corrected chi connectivity index (χ4v) is 2.15. The van der Waals surface area contributed by atoms with Crippen molar-refractivity contribution in [3.8, 4) is 0 Å². The van der Waals surface area contributed by atoms with Gasteiger partial charge in [-0.15, -0.1) is 0 Å². The SMILES string of the molecule is CCCCc1c(C)nc(N2CC(=O)CC2=O)[nH]c1=O. The third-order valence-corrected chi connectivity index (χ3v) is 3.23. The molecular weight excluding hydrogens is 246 g/mol. The van der Waals surface area contributed by atoms with Crippen molar-refractivity contribution in [1.29, 1.82) is 0 Å². The van der Waals surface area contributed by atoms with Crippen LogP contribution in [0.3, 0.4) is 0 Å². The van der Waals surface area contributed by atoms with Crippen molar-refractivity contribution < 1.29 is 9.59 Å². The molecule has 1 amide bonds. The van der Waals surface area contributed by atoms with Gasteiger partial charge in [0.05, 0.1) is 13.0 Å². The summed E-state index contributed by atoms with van der Waals surface area (Å²) in [4.78, 5) is 42.9. The number of anilines is 1. The van der Waals surface area contributed by atoms with Gasteiger partial charge in [-0.1, -0.05) is 13.3 Å². The molecule has 0 atom stereocenters. The fraction of sp³-hybridized carbons (Fsp3) is 0.538. The van der Waals surface area contributed by atoms with Crippen molar-refractivity contribution in [2.24, 2.45) is 0 Å². The second kappa shape index (κ2) is 5.34. The largest absolute Gasteiger partial charge is 0.297 e. The Morgan fingerprint density at radius 2 is 2.05 bits per heavy atom. The third-order valence-electron chi connectivity index (χ3n) is 3.23. The van der Waals surface area contributed by atoms with Crippen molar-refractivity contribution in [3.05, 3.63) is 21.6 Å². The summed E-state index contributed by atoms with van der Waals surface area (Å²) in [6.07, 6.45) is 2.49. The number of rotatable bonds is 4. The zero-order chi connectivity index (χ0) is 14.0. The van der Waals surface area contributed by atoms with Gasteiger partial charge in [0, 0.05) is 11.3 Å². The maximum atomic E-state index is 12.0. The van der Waals surface area contributed by atoms with Gasteiger partial charge in [-0.05, 0) is 19.8 Å². The fourth-order valence-electron chi connectivity index (χ4n) is 2.15. The maximum Gasteiger partial charge on any atom is 0.255 e. The Balaban J connectivity index is 2.32. The minimum Gasteiger partial charge on any atom is -0.297 e. The molecule has 1 aliphatic rings. The molecule has 1 aromatic heterocycles. The van der Waals surface area contributed by atoms with Gasteiger partial charge in [0.1, 0.15) is 0 Å². The Labute approximate surface area is 110 Å². The summed E-state index contributed by atoms with van der Waals surface area (Å²) < 4.78 is 0. The number of amides is 1. The lowest BCUT2D eigenvalue weighted by atomic mass is 10.1. The lowest BCUT2D eigenvalue weighted by Crippen LogP contribution is -2.30. The quantitative estimate of drug-likeness (QED) is 0.812. The van der Waals surface area contributed by atoms with Gasteiger partial charge in [0.25, 0.3) is 5.56 Å². The van der Waals surface area contributed by atoms with Gasteiger partial charge >= 0.3 is 0 Å². The number of nitrogens with zero attached hydrogens (tertiary/aromatic N) is 2. The molecule has 6 nitrogen and oxygen atoms in total. The monoisotopic (exact) mass is 263 g/mol. The second-order valence-corrected chi connectivity index (χ2v) is 4.75. The van der Waals surface area contributed by atoms with E-state index < -0.39 is 0 Å². The van der Waals surface area contributed by atoms with Crippen LogP contribution in [-0.4, -0.2) is 28.2 Å². The van der Waals surface area contributed by atoms with Crippen LogP contribution >= 0.6 is 0 Å². The minimum absolute atomic E-state index is 0.00444. The highest BCUT2D eigenvalue weighted by Gasteiger charge is 2.30. The van der Waals surface area contributed by atoms with E-state index in [0.717, 1.165) is 12.8 Å². The predicted octanol–water partition coefficient (Wildman–Crippen LogP) is 0.727. The second-order valence-electron chi connectivity index (χ2n) is 4.75. The lowest BCUT2D eigenvalue weighted by Gasteiger charge is -2.14. The van der Waals surface area contributed by atoms with Gasteiger partial charge in [-0.25, -0.2) is 4.98 Å². The van der Waals surface area contributed by atoms with Crippen LogP contribution in [0.25, 0.3) is 0 Å². The number of unbranched alkanes of at least 4 members (excludes halogenated alkanes) is 1. The van der Waals surface area contributed by atoms with E-state index in [1.165, 1.54) is 4.90 Å². The Hall–Kier alpha value is -1.98. The summed E-state index contributed by atoms with van der Waals surface area (Å²) in [6, 6.07) is 0. The molecular formula is C13H17N3O3. The normalized spacial score (nSPS) is 15.4. The molecule has 0 saturated carbocycles. The molecule has 1 aromatic rings. The van der Waals surface area contributed by atoms with E-state index in [4.69, 9.17) is 0 Å². The van der Waals surface area contributed by atoms with Crippen molar-refractivity contribution in [1.82, 2.24) is 9.97 Å². The molecule has 1 saturated heterocycles. The first-order valence-corrected chi connectivity index (χ1v) is 6.44. The molecule has 0 spiro atoms. The highest BCUT2D eigenvalue weighted by molar-refractivity contribution is 6.14. The minimum atomic E-state index is -0.311.